The molecule has 3 heterocycles. The van der Waals surface area contributed by atoms with Crippen LogP contribution in [0.1, 0.15) is 58.1 Å². The van der Waals surface area contributed by atoms with Gasteiger partial charge in [0.1, 0.15) is 5.60 Å². The minimum atomic E-state index is -0.204. The SMILES string of the molecule is COc1cccc2c1O[C@](C)(CCCC(C)C)[C@H]1CC3(CNC3)CO[C@H]21. The number of para-hydroxylation sites is 1. The number of nitrogens with one attached hydrogen (secondary N) is 1. The van der Waals surface area contributed by atoms with Gasteiger partial charge in [0, 0.05) is 30.0 Å². The molecule has 0 unspecified atom stereocenters. The maximum Gasteiger partial charge on any atom is 0.167 e. The van der Waals surface area contributed by atoms with Crippen LogP contribution in [0.25, 0.3) is 0 Å². The predicted molar refractivity (Wildman–Crippen MR) is 103 cm³/mol. The van der Waals surface area contributed by atoms with Crippen LogP contribution in [0.4, 0.5) is 0 Å². The molecule has 2 fully saturated rings. The van der Waals surface area contributed by atoms with Crippen molar-refractivity contribution in [1.82, 2.24) is 5.32 Å². The topological polar surface area (TPSA) is 39.7 Å². The zero-order chi connectivity index (χ0) is 18.4. The van der Waals surface area contributed by atoms with Crippen LogP contribution in [0.3, 0.4) is 0 Å². The zero-order valence-electron chi connectivity index (χ0n) is 16.6. The Balaban J connectivity index is 1.67. The Morgan fingerprint density at radius 1 is 1.31 bits per heavy atom. The quantitative estimate of drug-likeness (QED) is 0.849. The Labute approximate surface area is 157 Å². The molecule has 0 saturated carbocycles. The summed E-state index contributed by atoms with van der Waals surface area (Å²) in [5.41, 5.74) is 1.27. The van der Waals surface area contributed by atoms with E-state index in [1.807, 2.05) is 6.07 Å². The Morgan fingerprint density at radius 3 is 2.77 bits per heavy atom. The average molecular weight is 360 g/mol. The first-order chi connectivity index (χ1) is 12.5. The van der Waals surface area contributed by atoms with Gasteiger partial charge in [-0.15, -0.1) is 0 Å². The second kappa shape index (κ2) is 6.72. The summed E-state index contributed by atoms with van der Waals surface area (Å²) in [5, 5.41) is 3.45. The molecular formula is C22H33NO3. The van der Waals surface area contributed by atoms with Crippen LogP contribution in [0, 0.1) is 17.3 Å². The lowest BCUT2D eigenvalue weighted by Gasteiger charge is -2.56. The summed E-state index contributed by atoms with van der Waals surface area (Å²) in [5.74, 6) is 2.84. The lowest BCUT2D eigenvalue weighted by molar-refractivity contribution is -0.181. The number of fused-ring (bicyclic) bond motifs is 3. The van der Waals surface area contributed by atoms with Crippen molar-refractivity contribution in [3.05, 3.63) is 23.8 Å². The maximum atomic E-state index is 6.73. The Morgan fingerprint density at radius 2 is 2.12 bits per heavy atom. The van der Waals surface area contributed by atoms with Gasteiger partial charge in [0.15, 0.2) is 11.5 Å². The van der Waals surface area contributed by atoms with E-state index >= 15 is 0 Å². The second-order valence-corrected chi connectivity index (χ2v) is 9.23. The summed E-state index contributed by atoms with van der Waals surface area (Å²) in [6.07, 6.45) is 4.79. The zero-order valence-corrected chi connectivity index (χ0v) is 16.6. The summed E-state index contributed by atoms with van der Waals surface area (Å²) >= 11 is 0. The van der Waals surface area contributed by atoms with Gasteiger partial charge in [-0.2, -0.15) is 0 Å². The van der Waals surface area contributed by atoms with Gasteiger partial charge in [-0.25, -0.2) is 0 Å². The van der Waals surface area contributed by atoms with Crippen molar-refractivity contribution < 1.29 is 14.2 Å². The van der Waals surface area contributed by atoms with Gasteiger partial charge in [0.05, 0.1) is 19.8 Å². The monoisotopic (exact) mass is 359 g/mol. The molecule has 1 N–H and O–H groups in total. The van der Waals surface area contributed by atoms with Crippen molar-refractivity contribution in [1.29, 1.82) is 0 Å². The van der Waals surface area contributed by atoms with Gasteiger partial charge in [0.25, 0.3) is 0 Å². The van der Waals surface area contributed by atoms with E-state index in [1.54, 1.807) is 7.11 Å². The molecule has 0 aromatic heterocycles. The first-order valence-corrected chi connectivity index (χ1v) is 10.1. The number of hydrogen-bond donors (Lipinski definition) is 1. The molecule has 144 valence electrons. The summed E-state index contributed by atoms with van der Waals surface area (Å²) in [6.45, 7) is 9.88. The predicted octanol–water partition coefficient (Wildman–Crippen LogP) is 4.34. The largest absolute Gasteiger partial charge is 0.493 e. The highest BCUT2D eigenvalue weighted by atomic mass is 16.5. The molecule has 4 nitrogen and oxygen atoms in total. The van der Waals surface area contributed by atoms with Gasteiger partial charge in [0.2, 0.25) is 0 Å². The number of ether oxygens (including phenoxy) is 3. The van der Waals surface area contributed by atoms with Crippen LogP contribution in [-0.4, -0.2) is 32.4 Å². The molecule has 3 atom stereocenters. The minimum Gasteiger partial charge on any atom is -0.493 e. The fraction of sp³-hybridized carbons (Fsp3) is 0.727. The highest BCUT2D eigenvalue weighted by Crippen LogP contribution is 2.57. The van der Waals surface area contributed by atoms with Crippen molar-refractivity contribution in [2.24, 2.45) is 17.3 Å². The normalized spacial score (nSPS) is 31.7. The lowest BCUT2D eigenvalue weighted by atomic mass is 9.64. The van der Waals surface area contributed by atoms with Crippen molar-refractivity contribution >= 4 is 0 Å². The van der Waals surface area contributed by atoms with Crippen LogP contribution < -0.4 is 14.8 Å². The number of rotatable bonds is 5. The Bertz CT molecular complexity index is 655. The van der Waals surface area contributed by atoms with E-state index in [1.165, 1.54) is 19.3 Å². The van der Waals surface area contributed by atoms with E-state index in [9.17, 15) is 0 Å². The molecule has 2 saturated heterocycles. The second-order valence-electron chi connectivity index (χ2n) is 9.23. The molecule has 0 aliphatic carbocycles. The average Bonchev–Trinajstić information content (AvgIpc) is 2.59. The number of benzene rings is 1. The fourth-order valence-corrected chi connectivity index (χ4v) is 5.02. The van der Waals surface area contributed by atoms with Gasteiger partial charge < -0.3 is 19.5 Å². The molecule has 1 spiro atoms. The van der Waals surface area contributed by atoms with Crippen molar-refractivity contribution in [2.45, 2.75) is 58.2 Å². The molecule has 4 rings (SSSR count). The Hall–Kier alpha value is -1.26. The first kappa shape index (κ1) is 18.1. The van der Waals surface area contributed by atoms with Gasteiger partial charge in [-0.1, -0.05) is 32.4 Å². The smallest absolute Gasteiger partial charge is 0.167 e. The highest BCUT2D eigenvalue weighted by molar-refractivity contribution is 5.50. The molecule has 26 heavy (non-hydrogen) atoms. The van der Waals surface area contributed by atoms with Crippen molar-refractivity contribution in [3.8, 4) is 11.5 Å². The third-order valence-electron chi connectivity index (χ3n) is 6.70. The van der Waals surface area contributed by atoms with Crippen LogP contribution >= 0.6 is 0 Å². The van der Waals surface area contributed by atoms with E-state index in [-0.39, 0.29) is 11.7 Å². The van der Waals surface area contributed by atoms with Crippen LogP contribution in [0.5, 0.6) is 11.5 Å². The van der Waals surface area contributed by atoms with Crippen LogP contribution in [0.15, 0.2) is 18.2 Å². The minimum absolute atomic E-state index is 0.115. The van der Waals surface area contributed by atoms with Gasteiger partial charge in [-0.3, -0.25) is 0 Å². The van der Waals surface area contributed by atoms with E-state index in [0.29, 0.717) is 11.3 Å². The molecule has 1 aromatic carbocycles. The fourth-order valence-electron chi connectivity index (χ4n) is 5.02. The summed E-state index contributed by atoms with van der Waals surface area (Å²) < 4.78 is 18.9. The maximum absolute atomic E-state index is 6.73. The standard InChI is InChI=1S/C22H33NO3/c1-15(2)7-6-10-21(3)17-11-22(12-23-13-22)14-25-19(17)16-8-5-9-18(24-4)20(16)26-21/h5,8-9,15,17,19,23H,6-7,10-14H2,1-4H3/t17-,19+,21+/m0/s1. The van der Waals surface area contributed by atoms with Crippen molar-refractivity contribution in [2.75, 3.05) is 26.8 Å². The summed E-state index contributed by atoms with van der Waals surface area (Å²) in [7, 11) is 1.72. The molecule has 0 bridgehead atoms. The molecule has 4 heteroatoms. The summed E-state index contributed by atoms with van der Waals surface area (Å²) in [6, 6.07) is 6.20. The molecule has 3 aliphatic heterocycles. The molecular weight excluding hydrogens is 326 g/mol. The number of hydrogen-bond acceptors (Lipinski definition) is 4. The van der Waals surface area contributed by atoms with Crippen LogP contribution in [-0.2, 0) is 4.74 Å². The van der Waals surface area contributed by atoms with E-state index < -0.39 is 0 Å². The third-order valence-corrected chi connectivity index (χ3v) is 6.70. The first-order valence-electron chi connectivity index (χ1n) is 10.1. The van der Waals surface area contributed by atoms with Gasteiger partial charge in [-0.05, 0) is 38.2 Å². The third kappa shape index (κ3) is 3.01. The van der Waals surface area contributed by atoms with Crippen molar-refractivity contribution in [3.63, 3.8) is 0 Å². The lowest BCUT2D eigenvalue weighted by Crippen LogP contribution is -2.63. The van der Waals surface area contributed by atoms with E-state index in [0.717, 1.165) is 49.1 Å². The molecule has 0 amide bonds. The number of methoxy groups -OCH3 is 1. The van der Waals surface area contributed by atoms with E-state index in [4.69, 9.17) is 14.2 Å². The summed E-state index contributed by atoms with van der Waals surface area (Å²) in [4.78, 5) is 0. The Kier molecular flexibility index (Phi) is 4.68. The van der Waals surface area contributed by atoms with Crippen LogP contribution in [0.2, 0.25) is 0 Å². The van der Waals surface area contributed by atoms with Gasteiger partial charge >= 0.3 is 0 Å². The molecule has 3 aliphatic rings. The van der Waals surface area contributed by atoms with E-state index in [2.05, 4.69) is 38.2 Å². The highest BCUT2D eigenvalue weighted by Gasteiger charge is 2.55. The molecule has 0 radical (unpaired) electrons. The molecule has 1 aromatic rings.